The molecule has 18 heavy (non-hydrogen) atoms. The summed E-state index contributed by atoms with van der Waals surface area (Å²) in [5.74, 6) is -0.836. The van der Waals surface area contributed by atoms with Crippen LogP contribution in [0.4, 0.5) is 0 Å². The van der Waals surface area contributed by atoms with E-state index in [4.69, 9.17) is 0 Å². The number of hydrogen-bond acceptors (Lipinski definition) is 2. The fourth-order valence-electron chi connectivity index (χ4n) is 3.02. The molecule has 2 aliphatic carbocycles. The van der Waals surface area contributed by atoms with E-state index in [1.165, 1.54) is 6.42 Å². The van der Waals surface area contributed by atoms with Gasteiger partial charge in [0.25, 0.3) is 0 Å². The Morgan fingerprint density at radius 1 is 1.22 bits per heavy atom. The lowest BCUT2D eigenvalue weighted by molar-refractivity contribution is -0.144. The Balaban J connectivity index is 1.94. The number of nitrogens with one attached hydrogen (secondary N) is 1. The van der Waals surface area contributed by atoms with Crippen molar-refractivity contribution >= 4 is 11.9 Å². The van der Waals surface area contributed by atoms with Crippen LogP contribution < -0.4 is 5.32 Å². The Morgan fingerprint density at radius 2 is 1.78 bits per heavy atom. The van der Waals surface area contributed by atoms with Gasteiger partial charge in [0, 0.05) is 5.92 Å². The first-order valence-electron chi connectivity index (χ1n) is 6.95. The molecule has 2 unspecified atom stereocenters. The molecule has 2 atom stereocenters. The van der Waals surface area contributed by atoms with Gasteiger partial charge >= 0.3 is 5.97 Å². The molecule has 4 nitrogen and oxygen atoms in total. The normalized spacial score (nSPS) is 28.4. The van der Waals surface area contributed by atoms with E-state index in [1.54, 1.807) is 0 Å². The largest absolute Gasteiger partial charge is 0.480 e. The Kier molecular flexibility index (Phi) is 3.64. The van der Waals surface area contributed by atoms with Crippen molar-refractivity contribution in [3.8, 4) is 0 Å². The van der Waals surface area contributed by atoms with E-state index < -0.39 is 12.0 Å². The molecular formula is C14H23NO3. The van der Waals surface area contributed by atoms with Crippen molar-refractivity contribution in [2.45, 2.75) is 58.4 Å². The monoisotopic (exact) mass is 253 g/mol. The molecule has 2 N–H and O–H groups in total. The first-order valence-corrected chi connectivity index (χ1v) is 6.95. The van der Waals surface area contributed by atoms with E-state index in [1.807, 2.05) is 13.8 Å². The second-order valence-electron chi connectivity index (χ2n) is 6.47. The number of carboxylic acids is 1. The van der Waals surface area contributed by atoms with Crippen molar-refractivity contribution in [3.63, 3.8) is 0 Å². The van der Waals surface area contributed by atoms with Crippen LogP contribution >= 0.6 is 0 Å². The van der Waals surface area contributed by atoms with Gasteiger partial charge in [0.1, 0.15) is 6.04 Å². The number of amides is 1. The van der Waals surface area contributed by atoms with Gasteiger partial charge in [-0.15, -0.1) is 0 Å². The quantitative estimate of drug-likeness (QED) is 0.807. The molecular weight excluding hydrogens is 230 g/mol. The van der Waals surface area contributed by atoms with Gasteiger partial charge in [-0.2, -0.15) is 0 Å². The van der Waals surface area contributed by atoms with E-state index in [2.05, 4.69) is 5.32 Å². The molecule has 0 aliphatic heterocycles. The second kappa shape index (κ2) is 4.90. The Bertz CT molecular complexity index is 345. The fraction of sp³-hybridized carbons (Fsp3) is 0.857. The summed E-state index contributed by atoms with van der Waals surface area (Å²) in [6, 6.07) is -0.686. The lowest BCUT2D eigenvalue weighted by Gasteiger charge is -2.28. The molecule has 1 amide bonds. The van der Waals surface area contributed by atoms with Crippen molar-refractivity contribution < 1.29 is 14.7 Å². The minimum atomic E-state index is -0.881. The highest BCUT2D eigenvalue weighted by atomic mass is 16.4. The molecule has 2 rings (SSSR count). The number of hydrogen-bond donors (Lipinski definition) is 2. The number of aliphatic carboxylic acids is 1. The van der Waals surface area contributed by atoms with Crippen molar-refractivity contribution in [2.75, 3.05) is 0 Å². The molecule has 2 saturated carbocycles. The zero-order valence-electron chi connectivity index (χ0n) is 11.2. The Hall–Kier alpha value is -1.06. The lowest BCUT2D eigenvalue weighted by atomic mass is 9.84. The van der Waals surface area contributed by atoms with Gasteiger partial charge < -0.3 is 10.4 Å². The van der Waals surface area contributed by atoms with Gasteiger partial charge in [-0.1, -0.05) is 33.1 Å². The second-order valence-corrected chi connectivity index (χ2v) is 6.47. The van der Waals surface area contributed by atoms with Gasteiger partial charge in [-0.25, -0.2) is 4.79 Å². The first kappa shape index (κ1) is 13.4. The minimum absolute atomic E-state index is 0.00272. The van der Waals surface area contributed by atoms with E-state index in [9.17, 15) is 14.7 Å². The summed E-state index contributed by atoms with van der Waals surface area (Å²) in [5.41, 5.74) is 0.0553. The molecule has 0 aromatic rings. The maximum Gasteiger partial charge on any atom is 0.326 e. The zero-order chi connectivity index (χ0) is 13.3. The van der Waals surface area contributed by atoms with Gasteiger partial charge in [0.2, 0.25) is 5.91 Å². The van der Waals surface area contributed by atoms with Crippen LogP contribution in [0.15, 0.2) is 0 Å². The van der Waals surface area contributed by atoms with Crippen LogP contribution in [0.1, 0.15) is 52.4 Å². The number of carbonyl (C=O) groups is 2. The molecule has 4 heteroatoms. The average molecular weight is 253 g/mol. The topological polar surface area (TPSA) is 66.4 Å². The maximum atomic E-state index is 12.0. The fourth-order valence-corrected chi connectivity index (χ4v) is 3.02. The standard InChI is InChI=1S/C14H23NO3/c1-14(2)8-10(14)12(16)15-11(13(17)18)9-6-4-3-5-7-9/h9-11H,3-8H2,1-2H3,(H,15,16)(H,17,18). The van der Waals surface area contributed by atoms with Crippen molar-refractivity contribution in [1.82, 2.24) is 5.32 Å². The summed E-state index contributed by atoms with van der Waals surface area (Å²) in [6.45, 7) is 4.10. The molecule has 102 valence electrons. The third-order valence-corrected chi connectivity index (χ3v) is 4.51. The van der Waals surface area contributed by atoms with Crippen LogP contribution in [-0.4, -0.2) is 23.0 Å². The molecule has 0 saturated heterocycles. The number of rotatable bonds is 4. The summed E-state index contributed by atoms with van der Waals surface area (Å²) in [6.07, 6.45) is 6.07. The average Bonchev–Trinajstić information content (AvgIpc) is 2.96. The summed E-state index contributed by atoms with van der Waals surface area (Å²) >= 11 is 0. The molecule has 0 aromatic carbocycles. The first-order chi connectivity index (χ1) is 8.42. The van der Waals surface area contributed by atoms with Crippen molar-refractivity contribution in [1.29, 1.82) is 0 Å². The molecule has 0 radical (unpaired) electrons. The Labute approximate surface area is 108 Å². The van der Waals surface area contributed by atoms with Crippen molar-refractivity contribution in [3.05, 3.63) is 0 Å². The highest BCUT2D eigenvalue weighted by Gasteiger charge is 2.51. The van der Waals surface area contributed by atoms with Crippen LogP contribution in [0.25, 0.3) is 0 Å². The minimum Gasteiger partial charge on any atom is -0.480 e. The van der Waals surface area contributed by atoms with Crippen LogP contribution in [0.2, 0.25) is 0 Å². The summed E-state index contributed by atoms with van der Waals surface area (Å²) in [7, 11) is 0. The van der Waals surface area contributed by atoms with Crippen LogP contribution in [0.3, 0.4) is 0 Å². The Morgan fingerprint density at radius 3 is 2.22 bits per heavy atom. The summed E-state index contributed by atoms with van der Waals surface area (Å²) in [5, 5.41) is 12.1. The predicted octanol–water partition coefficient (Wildman–Crippen LogP) is 2.18. The predicted molar refractivity (Wildman–Crippen MR) is 68.0 cm³/mol. The molecule has 2 aliphatic rings. The summed E-state index contributed by atoms with van der Waals surface area (Å²) in [4.78, 5) is 23.3. The van der Waals surface area contributed by atoms with Crippen LogP contribution in [0, 0.1) is 17.3 Å². The van der Waals surface area contributed by atoms with Gasteiger partial charge in [0.05, 0.1) is 0 Å². The van der Waals surface area contributed by atoms with Gasteiger partial charge in [-0.3, -0.25) is 4.79 Å². The lowest BCUT2D eigenvalue weighted by Crippen LogP contribution is -2.47. The smallest absolute Gasteiger partial charge is 0.326 e. The third kappa shape index (κ3) is 2.85. The van der Waals surface area contributed by atoms with E-state index in [0.29, 0.717) is 0 Å². The summed E-state index contributed by atoms with van der Waals surface area (Å²) < 4.78 is 0. The maximum absolute atomic E-state index is 12.0. The highest BCUT2D eigenvalue weighted by molar-refractivity contribution is 5.87. The molecule has 0 heterocycles. The van der Waals surface area contributed by atoms with Crippen molar-refractivity contribution in [2.24, 2.45) is 17.3 Å². The highest BCUT2D eigenvalue weighted by Crippen LogP contribution is 2.51. The van der Waals surface area contributed by atoms with Crippen LogP contribution in [-0.2, 0) is 9.59 Å². The van der Waals surface area contributed by atoms with E-state index in [0.717, 1.165) is 32.1 Å². The van der Waals surface area contributed by atoms with E-state index in [-0.39, 0.29) is 23.2 Å². The van der Waals surface area contributed by atoms with E-state index >= 15 is 0 Å². The molecule has 0 aromatic heterocycles. The number of carbonyl (C=O) groups excluding carboxylic acids is 1. The number of carboxylic acid groups (broad SMARTS) is 1. The molecule has 0 bridgehead atoms. The van der Waals surface area contributed by atoms with Gasteiger partial charge in [-0.05, 0) is 30.6 Å². The third-order valence-electron chi connectivity index (χ3n) is 4.51. The SMILES string of the molecule is CC1(C)CC1C(=O)NC(C(=O)O)C1CCCCC1. The van der Waals surface area contributed by atoms with Gasteiger partial charge in [0.15, 0.2) is 0 Å². The molecule has 0 spiro atoms. The zero-order valence-corrected chi connectivity index (χ0v) is 11.2. The van der Waals surface area contributed by atoms with Crippen LogP contribution in [0.5, 0.6) is 0 Å². The molecule has 2 fully saturated rings.